The van der Waals surface area contributed by atoms with E-state index in [0.29, 0.717) is 36.8 Å². The Morgan fingerprint density at radius 1 is 1.11 bits per heavy atom. The first-order valence-electron chi connectivity index (χ1n) is 12.3. The predicted molar refractivity (Wildman–Crippen MR) is 137 cm³/mol. The highest BCUT2D eigenvalue weighted by Gasteiger charge is 2.32. The Kier molecular flexibility index (Phi) is 6.66. The van der Waals surface area contributed by atoms with E-state index in [1.54, 1.807) is 18.7 Å². The minimum atomic E-state index is -0.275. The lowest BCUT2D eigenvalue weighted by atomic mass is 9.82. The van der Waals surface area contributed by atoms with Gasteiger partial charge in [-0.3, -0.25) is 0 Å². The van der Waals surface area contributed by atoms with Crippen molar-refractivity contribution in [2.24, 2.45) is 5.41 Å². The topological polar surface area (TPSA) is 114 Å². The van der Waals surface area contributed by atoms with Crippen molar-refractivity contribution in [2.45, 2.75) is 79.4 Å². The number of nitrogens with one attached hydrogen (secondary N) is 2. The maximum atomic E-state index is 13.0. The van der Waals surface area contributed by atoms with E-state index in [-0.39, 0.29) is 23.0 Å². The van der Waals surface area contributed by atoms with Crippen LogP contribution in [0.1, 0.15) is 60.2 Å². The van der Waals surface area contributed by atoms with E-state index in [4.69, 9.17) is 4.98 Å². The molecule has 0 radical (unpaired) electrons. The van der Waals surface area contributed by atoms with E-state index >= 15 is 0 Å². The fourth-order valence-corrected chi connectivity index (χ4v) is 5.06. The van der Waals surface area contributed by atoms with Crippen molar-refractivity contribution in [1.29, 1.82) is 0 Å². The number of rotatable bonds is 6. The van der Waals surface area contributed by atoms with Crippen LogP contribution in [0.2, 0.25) is 0 Å². The van der Waals surface area contributed by atoms with Crippen molar-refractivity contribution in [3.05, 3.63) is 24.5 Å². The van der Waals surface area contributed by atoms with Gasteiger partial charge in [-0.15, -0.1) is 0 Å². The molecular formula is C25H37N9O. The van der Waals surface area contributed by atoms with E-state index in [0.717, 1.165) is 29.9 Å². The molecule has 0 aliphatic carbocycles. The Bertz CT molecular complexity index is 1190. The molecule has 10 heteroatoms. The average molecular weight is 480 g/mol. The van der Waals surface area contributed by atoms with Crippen LogP contribution in [0.5, 0.6) is 0 Å². The van der Waals surface area contributed by atoms with Gasteiger partial charge in [0.25, 0.3) is 0 Å². The lowest BCUT2D eigenvalue weighted by Gasteiger charge is -2.34. The van der Waals surface area contributed by atoms with Gasteiger partial charge < -0.3 is 20.1 Å². The quantitative estimate of drug-likeness (QED) is 0.549. The number of fused-ring (bicyclic) bond motifs is 1. The summed E-state index contributed by atoms with van der Waals surface area (Å²) in [6.07, 6.45) is 6.86. The number of likely N-dealkylation sites (tertiary alicyclic amines) is 1. The molecule has 0 unspecified atom stereocenters. The molecule has 0 bridgehead atoms. The van der Waals surface area contributed by atoms with Crippen molar-refractivity contribution in [3.63, 3.8) is 0 Å². The van der Waals surface area contributed by atoms with E-state index in [2.05, 4.69) is 72.1 Å². The first kappa shape index (κ1) is 24.8. The van der Waals surface area contributed by atoms with Crippen LogP contribution in [-0.2, 0) is 6.54 Å². The lowest BCUT2D eigenvalue weighted by molar-refractivity contribution is 0.183. The number of hydrogen-bond donors (Lipinski definition) is 2. The second kappa shape index (κ2) is 9.39. The number of nitrogens with zero attached hydrogens (tertiary/aromatic N) is 7. The van der Waals surface area contributed by atoms with Gasteiger partial charge in [-0.1, -0.05) is 20.8 Å². The van der Waals surface area contributed by atoms with Gasteiger partial charge in [-0.2, -0.15) is 0 Å². The summed E-state index contributed by atoms with van der Waals surface area (Å²) in [6.45, 7) is 16.7. The molecule has 2 N–H and O–H groups in total. The van der Waals surface area contributed by atoms with Crippen molar-refractivity contribution in [1.82, 2.24) is 39.7 Å². The second-order valence-corrected chi connectivity index (χ2v) is 11.2. The summed E-state index contributed by atoms with van der Waals surface area (Å²) >= 11 is 0. The van der Waals surface area contributed by atoms with Crippen LogP contribution < -0.4 is 10.6 Å². The van der Waals surface area contributed by atoms with E-state index in [9.17, 15) is 4.79 Å². The van der Waals surface area contributed by atoms with Crippen LogP contribution in [0.4, 0.5) is 10.6 Å². The normalized spacial score (nSPS) is 16.7. The van der Waals surface area contributed by atoms with Crippen molar-refractivity contribution in [2.75, 3.05) is 18.4 Å². The van der Waals surface area contributed by atoms with Crippen LogP contribution in [0.25, 0.3) is 22.6 Å². The number of aryl methyl sites for hydroxylation is 2. The standard InChI is InChI=1S/C25H37N9O/c1-8-34-21(17-11-26-16(2)27-12-17)31-19-20(28-15-29-22(19)34)30-18-9-10-33(13-18)23(35)32-25(6,7)14-24(3,4)5/h11-12,15,18H,8-10,13-14H2,1-7H3,(H,32,35)(H,28,29,30)/t18-/m0/s1. The number of anilines is 1. The number of amides is 2. The third-order valence-corrected chi connectivity index (χ3v) is 6.12. The first-order chi connectivity index (χ1) is 16.5. The summed E-state index contributed by atoms with van der Waals surface area (Å²) in [7, 11) is 0. The largest absolute Gasteiger partial charge is 0.364 e. The Morgan fingerprint density at radius 3 is 2.49 bits per heavy atom. The van der Waals surface area contributed by atoms with E-state index < -0.39 is 0 Å². The zero-order valence-electron chi connectivity index (χ0n) is 21.9. The lowest BCUT2D eigenvalue weighted by Crippen LogP contribution is -2.51. The number of urea groups is 1. The molecule has 4 rings (SSSR count). The number of aromatic nitrogens is 6. The molecule has 4 heterocycles. The van der Waals surface area contributed by atoms with Crippen molar-refractivity contribution >= 4 is 23.0 Å². The molecule has 0 spiro atoms. The van der Waals surface area contributed by atoms with Gasteiger partial charge in [0.2, 0.25) is 0 Å². The third kappa shape index (κ3) is 5.68. The highest BCUT2D eigenvalue weighted by atomic mass is 16.2. The maximum Gasteiger partial charge on any atom is 0.317 e. The number of carbonyl (C=O) groups is 1. The smallest absolute Gasteiger partial charge is 0.317 e. The molecule has 1 aliphatic heterocycles. The molecule has 35 heavy (non-hydrogen) atoms. The number of carbonyl (C=O) groups excluding carboxylic acids is 1. The molecule has 10 nitrogen and oxygen atoms in total. The Morgan fingerprint density at radius 2 is 1.83 bits per heavy atom. The molecule has 188 valence electrons. The zero-order valence-corrected chi connectivity index (χ0v) is 21.9. The van der Waals surface area contributed by atoms with E-state index in [1.165, 1.54) is 0 Å². The molecular weight excluding hydrogens is 442 g/mol. The molecule has 1 aliphatic rings. The molecule has 0 saturated carbocycles. The minimum Gasteiger partial charge on any atom is -0.364 e. The summed E-state index contributed by atoms with van der Waals surface area (Å²) < 4.78 is 2.04. The fourth-order valence-electron chi connectivity index (χ4n) is 5.06. The fraction of sp³-hybridized carbons (Fsp3) is 0.600. The van der Waals surface area contributed by atoms with Crippen LogP contribution >= 0.6 is 0 Å². The Hall–Kier alpha value is -3.30. The first-order valence-corrected chi connectivity index (χ1v) is 12.3. The molecule has 2 amide bonds. The molecule has 1 atom stereocenters. The number of hydrogen-bond acceptors (Lipinski definition) is 7. The van der Waals surface area contributed by atoms with Gasteiger partial charge >= 0.3 is 6.03 Å². The summed E-state index contributed by atoms with van der Waals surface area (Å²) in [5.74, 6) is 2.16. The van der Waals surface area contributed by atoms with Gasteiger partial charge in [-0.05, 0) is 46.0 Å². The number of imidazole rings is 1. The highest BCUT2D eigenvalue weighted by Crippen LogP contribution is 2.29. The Balaban J connectivity index is 1.50. The van der Waals surface area contributed by atoms with Gasteiger partial charge in [0.05, 0.1) is 5.56 Å². The monoisotopic (exact) mass is 479 g/mol. The third-order valence-electron chi connectivity index (χ3n) is 6.12. The highest BCUT2D eigenvalue weighted by molar-refractivity contribution is 5.86. The summed E-state index contributed by atoms with van der Waals surface area (Å²) in [5, 5.41) is 6.73. The maximum absolute atomic E-state index is 13.0. The van der Waals surface area contributed by atoms with Crippen LogP contribution in [-0.4, -0.2) is 65.1 Å². The molecule has 0 aromatic carbocycles. The second-order valence-electron chi connectivity index (χ2n) is 11.2. The van der Waals surface area contributed by atoms with Gasteiger partial charge in [-0.25, -0.2) is 29.7 Å². The van der Waals surface area contributed by atoms with E-state index in [1.807, 2.05) is 16.4 Å². The summed E-state index contributed by atoms with van der Waals surface area (Å²) in [6, 6.07) is 0.0656. The van der Waals surface area contributed by atoms with Crippen LogP contribution in [0, 0.1) is 12.3 Å². The van der Waals surface area contributed by atoms with Crippen molar-refractivity contribution in [3.8, 4) is 11.4 Å². The van der Waals surface area contributed by atoms with Crippen LogP contribution in [0.15, 0.2) is 18.7 Å². The predicted octanol–water partition coefficient (Wildman–Crippen LogP) is 4.02. The van der Waals surface area contributed by atoms with Gasteiger partial charge in [0.1, 0.15) is 18.0 Å². The summed E-state index contributed by atoms with van der Waals surface area (Å²) in [5.41, 5.74) is 2.16. The Labute approximate surface area is 207 Å². The minimum absolute atomic E-state index is 0.0201. The zero-order chi connectivity index (χ0) is 25.4. The SMILES string of the molecule is CCn1c(-c2cnc(C)nc2)nc2c(N[C@H]3CCN(C(=O)NC(C)(C)CC(C)(C)C)C3)ncnc21. The molecule has 3 aromatic rings. The molecule has 1 saturated heterocycles. The molecule has 3 aromatic heterocycles. The van der Waals surface area contributed by atoms with Crippen LogP contribution in [0.3, 0.4) is 0 Å². The average Bonchev–Trinajstić information content (AvgIpc) is 3.37. The van der Waals surface area contributed by atoms with Gasteiger partial charge in [0.15, 0.2) is 17.0 Å². The van der Waals surface area contributed by atoms with Crippen molar-refractivity contribution < 1.29 is 4.79 Å². The summed E-state index contributed by atoms with van der Waals surface area (Å²) in [4.78, 5) is 37.3. The van der Waals surface area contributed by atoms with Gasteiger partial charge in [0, 0.05) is 43.6 Å². The molecule has 1 fully saturated rings.